The Bertz CT molecular complexity index is 545. The minimum absolute atomic E-state index is 0.0921. The zero-order valence-electron chi connectivity index (χ0n) is 14.5. The molecule has 0 bridgehead atoms. The molecule has 2 unspecified atom stereocenters. The summed E-state index contributed by atoms with van der Waals surface area (Å²) in [4.78, 5) is 17.3. The van der Waals surface area contributed by atoms with Gasteiger partial charge in [0.15, 0.2) is 5.69 Å². The SMILES string of the molecule is COCCN1C(C)CN(C(=O)c2n[nH]c3c2CCCC3)CC1C. The van der Waals surface area contributed by atoms with Gasteiger partial charge in [0.1, 0.15) is 0 Å². The van der Waals surface area contributed by atoms with Gasteiger partial charge in [0.25, 0.3) is 5.91 Å². The molecule has 1 aromatic heterocycles. The molecule has 1 saturated heterocycles. The Morgan fingerprint density at radius 3 is 2.65 bits per heavy atom. The van der Waals surface area contributed by atoms with Crippen molar-refractivity contribution < 1.29 is 9.53 Å². The molecule has 6 heteroatoms. The number of hydrogen-bond donors (Lipinski definition) is 1. The minimum Gasteiger partial charge on any atom is -0.383 e. The van der Waals surface area contributed by atoms with Crippen LogP contribution < -0.4 is 0 Å². The Morgan fingerprint density at radius 2 is 1.96 bits per heavy atom. The van der Waals surface area contributed by atoms with Gasteiger partial charge in [-0.2, -0.15) is 5.10 Å². The van der Waals surface area contributed by atoms with Crippen LogP contribution in [0.25, 0.3) is 0 Å². The van der Waals surface area contributed by atoms with Crippen molar-refractivity contribution in [3.63, 3.8) is 0 Å². The van der Waals surface area contributed by atoms with E-state index < -0.39 is 0 Å². The predicted octanol–water partition coefficient (Wildman–Crippen LogP) is 1.47. The number of H-pyrrole nitrogens is 1. The second-order valence-corrected chi connectivity index (χ2v) is 6.88. The highest BCUT2D eigenvalue weighted by Crippen LogP contribution is 2.24. The average molecular weight is 320 g/mol. The molecular formula is C17H28N4O2. The number of nitrogens with zero attached hydrogens (tertiary/aromatic N) is 3. The van der Waals surface area contributed by atoms with Crippen LogP contribution in [0.3, 0.4) is 0 Å². The highest BCUT2D eigenvalue weighted by atomic mass is 16.5. The van der Waals surface area contributed by atoms with E-state index in [1.807, 2.05) is 4.90 Å². The molecule has 0 saturated carbocycles. The third kappa shape index (κ3) is 3.28. The standard InChI is InChI=1S/C17H28N4O2/c1-12-10-20(11-13(2)21(12)8-9-23-3)17(22)16-14-6-4-5-7-15(14)18-19-16/h12-13H,4-11H2,1-3H3,(H,18,19). The maximum absolute atomic E-state index is 12.9. The van der Waals surface area contributed by atoms with Crippen molar-refractivity contribution in [1.82, 2.24) is 20.0 Å². The molecule has 0 aromatic carbocycles. The number of amides is 1. The molecular weight excluding hydrogens is 292 g/mol. The largest absolute Gasteiger partial charge is 0.383 e. The number of aromatic amines is 1. The number of methoxy groups -OCH3 is 1. The third-order valence-corrected chi connectivity index (χ3v) is 5.20. The topological polar surface area (TPSA) is 61.5 Å². The number of piperazine rings is 1. The molecule has 0 spiro atoms. The van der Waals surface area contributed by atoms with Crippen LogP contribution >= 0.6 is 0 Å². The molecule has 1 amide bonds. The van der Waals surface area contributed by atoms with E-state index in [4.69, 9.17) is 4.74 Å². The number of fused-ring (bicyclic) bond motifs is 1. The third-order valence-electron chi connectivity index (χ3n) is 5.20. The Morgan fingerprint density at radius 1 is 1.26 bits per heavy atom. The molecule has 1 N–H and O–H groups in total. The van der Waals surface area contributed by atoms with Crippen LogP contribution in [0.4, 0.5) is 0 Å². The maximum atomic E-state index is 12.9. The lowest BCUT2D eigenvalue weighted by Crippen LogP contribution is -2.58. The van der Waals surface area contributed by atoms with E-state index in [1.54, 1.807) is 7.11 Å². The molecule has 2 aliphatic rings. The van der Waals surface area contributed by atoms with Crippen LogP contribution in [0.1, 0.15) is 48.4 Å². The van der Waals surface area contributed by atoms with Crippen molar-refractivity contribution in [3.05, 3.63) is 17.0 Å². The Hall–Kier alpha value is -1.40. The number of rotatable bonds is 4. The molecule has 1 aliphatic heterocycles. The molecule has 2 heterocycles. The fourth-order valence-electron chi connectivity index (χ4n) is 3.97. The summed E-state index contributed by atoms with van der Waals surface area (Å²) in [5, 5.41) is 7.42. The van der Waals surface area contributed by atoms with Crippen molar-refractivity contribution in [3.8, 4) is 0 Å². The molecule has 1 fully saturated rings. The summed E-state index contributed by atoms with van der Waals surface area (Å²) in [6, 6.07) is 0.681. The van der Waals surface area contributed by atoms with Gasteiger partial charge >= 0.3 is 0 Å². The maximum Gasteiger partial charge on any atom is 0.274 e. The van der Waals surface area contributed by atoms with Crippen molar-refractivity contribution in [2.45, 2.75) is 51.6 Å². The Labute approximate surface area is 138 Å². The summed E-state index contributed by atoms with van der Waals surface area (Å²) in [5.74, 6) is 0.0921. The van der Waals surface area contributed by atoms with E-state index >= 15 is 0 Å². The lowest BCUT2D eigenvalue weighted by molar-refractivity contribution is 0.0189. The first-order valence-electron chi connectivity index (χ1n) is 8.72. The van der Waals surface area contributed by atoms with Crippen LogP contribution in [0.15, 0.2) is 0 Å². The molecule has 1 aromatic rings. The first-order chi connectivity index (χ1) is 11.1. The molecule has 23 heavy (non-hydrogen) atoms. The molecule has 1 aliphatic carbocycles. The number of ether oxygens (including phenoxy) is 1. The Balaban J connectivity index is 1.70. The molecule has 3 rings (SSSR count). The summed E-state index contributed by atoms with van der Waals surface area (Å²) in [6.07, 6.45) is 4.35. The number of carbonyl (C=O) groups excluding carboxylic acids is 1. The summed E-state index contributed by atoms with van der Waals surface area (Å²) < 4.78 is 5.20. The van der Waals surface area contributed by atoms with E-state index in [-0.39, 0.29) is 5.91 Å². The van der Waals surface area contributed by atoms with Gasteiger partial charge < -0.3 is 9.64 Å². The van der Waals surface area contributed by atoms with Crippen LogP contribution in [0.5, 0.6) is 0 Å². The lowest BCUT2D eigenvalue weighted by atomic mass is 9.95. The van der Waals surface area contributed by atoms with E-state index in [2.05, 4.69) is 28.9 Å². The summed E-state index contributed by atoms with van der Waals surface area (Å²) in [5.41, 5.74) is 2.98. The fraction of sp³-hybridized carbons (Fsp3) is 0.765. The average Bonchev–Trinajstić information content (AvgIpc) is 2.97. The van der Waals surface area contributed by atoms with E-state index in [1.165, 1.54) is 12.1 Å². The number of hydrogen-bond acceptors (Lipinski definition) is 4. The molecule has 0 radical (unpaired) electrons. The van der Waals surface area contributed by atoms with Gasteiger partial charge in [0.2, 0.25) is 0 Å². The number of carbonyl (C=O) groups is 1. The number of nitrogens with one attached hydrogen (secondary N) is 1. The van der Waals surface area contributed by atoms with Gasteiger partial charge in [-0.15, -0.1) is 0 Å². The smallest absolute Gasteiger partial charge is 0.274 e. The van der Waals surface area contributed by atoms with Gasteiger partial charge in [0, 0.05) is 50.1 Å². The second-order valence-electron chi connectivity index (χ2n) is 6.88. The van der Waals surface area contributed by atoms with E-state index in [0.717, 1.165) is 51.1 Å². The zero-order chi connectivity index (χ0) is 16.4. The summed E-state index contributed by atoms with van der Waals surface area (Å²) in [7, 11) is 1.73. The van der Waals surface area contributed by atoms with Gasteiger partial charge in [0.05, 0.1) is 6.61 Å². The van der Waals surface area contributed by atoms with Crippen molar-refractivity contribution in [1.29, 1.82) is 0 Å². The molecule has 128 valence electrons. The second kappa shape index (κ2) is 7.01. The number of aromatic nitrogens is 2. The summed E-state index contributed by atoms with van der Waals surface area (Å²) in [6.45, 7) is 7.54. The highest BCUT2D eigenvalue weighted by Gasteiger charge is 2.34. The van der Waals surface area contributed by atoms with Crippen LogP contribution in [0, 0.1) is 0 Å². The lowest BCUT2D eigenvalue weighted by Gasteiger charge is -2.44. The van der Waals surface area contributed by atoms with Gasteiger partial charge in [-0.05, 0) is 39.5 Å². The van der Waals surface area contributed by atoms with Crippen LogP contribution in [0.2, 0.25) is 0 Å². The van der Waals surface area contributed by atoms with Crippen molar-refractivity contribution in [2.75, 3.05) is 33.4 Å². The monoisotopic (exact) mass is 320 g/mol. The van der Waals surface area contributed by atoms with Crippen LogP contribution in [-0.4, -0.2) is 71.3 Å². The number of aryl methyl sites for hydroxylation is 1. The van der Waals surface area contributed by atoms with Crippen LogP contribution in [-0.2, 0) is 17.6 Å². The van der Waals surface area contributed by atoms with E-state index in [9.17, 15) is 4.79 Å². The first kappa shape index (κ1) is 16.5. The van der Waals surface area contributed by atoms with Crippen molar-refractivity contribution in [2.24, 2.45) is 0 Å². The molecule has 2 atom stereocenters. The fourth-order valence-corrected chi connectivity index (χ4v) is 3.97. The van der Waals surface area contributed by atoms with Crippen molar-refractivity contribution >= 4 is 5.91 Å². The summed E-state index contributed by atoms with van der Waals surface area (Å²) >= 11 is 0. The highest BCUT2D eigenvalue weighted by molar-refractivity contribution is 5.94. The quantitative estimate of drug-likeness (QED) is 0.912. The van der Waals surface area contributed by atoms with Gasteiger partial charge in [-0.25, -0.2) is 0 Å². The molecule has 6 nitrogen and oxygen atoms in total. The van der Waals surface area contributed by atoms with E-state index in [0.29, 0.717) is 17.8 Å². The Kier molecular flexibility index (Phi) is 5.02. The normalized spacial score (nSPS) is 25.4. The predicted molar refractivity (Wildman–Crippen MR) is 88.6 cm³/mol. The zero-order valence-corrected chi connectivity index (χ0v) is 14.5. The van der Waals surface area contributed by atoms with Gasteiger partial charge in [-0.3, -0.25) is 14.8 Å². The first-order valence-corrected chi connectivity index (χ1v) is 8.72. The minimum atomic E-state index is 0.0921. The van der Waals surface area contributed by atoms with Gasteiger partial charge in [-0.1, -0.05) is 0 Å².